The zero-order chi connectivity index (χ0) is 10.6. The summed E-state index contributed by atoms with van der Waals surface area (Å²) in [6.07, 6.45) is 2.33. The molecule has 0 heterocycles. The molecule has 1 rings (SSSR count). The molecule has 0 N–H and O–H groups in total. The van der Waals surface area contributed by atoms with Gasteiger partial charge >= 0.3 is 0 Å². The van der Waals surface area contributed by atoms with Gasteiger partial charge in [-0.25, -0.2) is 0 Å². The normalized spacial score (nSPS) is 25.5. The monoisotopic (exact) mass is 196 g/mol. The van der Waals surface area contributed by atoms with Gasteiger partial charge in [0, 0.05) is 26.4 Å². The fourth-order valence-electron chi connectivity index (χ4n) is 1.71. The van der Waals surface area contributed by atoms with Crippen LogP contribution in [0.1, 0.15) is 32.1 Å². The predicted octanol–water partition coefficient (Wildman–Crippen LogP) is 1.66. The van der Waals surface area contributed by atoms with Gasteiger partial charge in [0.2, 0.25) is 0 Å². The number of carbonyl (C=O) groups is 2. The summed E-state index contributed by atoms with van der Waals surface area (Å²) in [7, 11) is 1.48. The Bertz CT molecular complexity index is 255. The first-order valence-corrected chi connectivity index (χ1v) is 4.90. The SMILES string of the molecule is C=C1CC(=O)CCCCC(=O)C1OC. The van der Waals surface area contributed by atoms with E-state index in [2.05, 4.69) is 6.58 Å². The van der Waals surface area contributed by atoms with Gasteiger partial charge in [0.25, 0.3) is 0 Å². The van der Waals surface area contributed by atoms with Gasteiger partial charge < -0.3 is 4.74 Å². The quantitative estimate of drug-likeness (QED) is 0.599. The number of ether oxygens (including phenoxy) is 1. The lowest BCUT2D eigenvalue weighted by Gasteiger charge is -2.14. The van der Waals surface area contributed by atoms with Gasteiger partial charge in [-0.15, -0.1) is 0 Å². The summed E-state index contributed by atoms with van der Waals surface area (Å²) in [6.45, 7) is 3.74. The van der Waals surface area contributed by atoms with Crippen molar-refractivity contribution in [3.05, 3.63) is 12.2 Å². The maximum atomic E-state index is 11.6. The lowest BCUT2D eigenvalue weighted by molar-refractivity contribution is -0.127. The fourth-order valence-corrected chi connectivity index (χ4v) is 1.71. The molecule has 0 aromatic heterocycles. The second kappa shape index (κ2) is 5.05. The second-order valence-corrected chi connectivity index (χ2v) is 3.66. The molecule has 78 valence electrons. The molecule has 3 nitrogen and oxygen atoms in total. The van der Waals surface area contributed by atoms with Gasteiger partial charge in [0.1, 0.15) is 11.9 Å². The summed E-state index contributed by atoms with van der Waals surface area (Å²) in [4.78, 5) is 22.9. The van der Waals surface area contributed by atoms with E-state index < -0.39 is 6.10 Å². The minimum Gasteiger partial charge on any atom is -0.369 e. The Morgan fingerprint density at radius 1 is 1.29 bits per heavy atom. The van der Waals surface area contributed by atoms with Gasteiger partial charge in [0.05, 0.1) is 0 Å². The van der Waals surface area contributed by atoms with Crippen LogP contribution in [0.4, 0.5) is 0 Å². The van der Waals surface area contributed by atoms with Crippen molar-refractivity contribution in [1.82, 2.24) is 0 Å². The van der Waals surface area contributed by atoms with E-state index in [0.717, 1.165) is 12.8 Å². The molecular weight excluding hydrogens is 180 g/mol. The minimum absolute atomic E-state index is 0.0483. The molecule has 0 aromatic rings. The number of hydrogen-bond acceptors (Lipinski definition) is 3. The van der Waals surface area contributed by atoms with Crippen molar-refractivity contribution < 1.29 is 14.3 Å². The molecule has 1 unspecified atom stereocenters. The standard InChI is InChI=1S/C11H16O3/c1-8-7-9(12)5-3-4-6-10(13)11(8)14-2/h11H,1,3-7H2,2H3. The van der Waals surface area contributed by atoms with Crippen LogP contribution in [0.3, 0.4) is 0 Å². The summed E-state index contributed by atoms with van der Waals surface area (Å²) >= 11 is 0. The average molecular weight is 196 g/mol. The number of rotatable bonds is 1. The summed E-state index contributed by atoms with van der Waals surface area (Å²) in [5.41, 5.74) is 0.601. The van der Waals surface area contributed by atoms with Crippen LogP contribution in [-0.4, -0.2) is 24.8 Å². The molecule has 0 radical (unpaired) electrons. The first-order chi connectivity index (χ1) is 6.65. The van der Waals surface area contributed by atoms with Crippen molar-refractivity contribution in [3.8, 4) is 0 Å². The van der Waals surface area contributed by atoms with Crippen molar-refractivity contribution in [2.45, 2.75) is 38.2 Å². The van der Waals surface area contributed by atoms with Crippen LogP contribution < -0.4 is 0 Å². The third-order valence-electron chi connectivity index (χ3n) is 2.45. The third kappa shape index (κ3) is 2.77. The number of ketones is 2. The van der Waals surface area contributed by atoms with Crippen molar-refractivity contribution >= 4 is 11.6 Å². The largest absolute Gasteiger partial charge is 0.369 e. The molecular formula is C11H16O3. The Labute approximate surface area is 84.1 Å². The molecule has 1 atom stereocenters. The Morgan fingerprint density at radius 3 is 2.57 bits per heavy atom. The van der Waals surface area contributed by atoms with E-state index in [0.29, 0.717) is 18.4 Å². The molecule has 1 saturated carbocycles. The van der Waals surface area contributed by atoms with Crippen molar-refractivity contribution in [3.63, 3.8) is 0 Å². The minimum atomic E-state index is -0.572. The zero-order valence-corrected chi connectivity index (χ0v) is 8.54. The van der Waals surface area contributed by atoms with E-state index in [1.54, 1.807) is 0 Å². The number of methoxy groups -OCH3 is 1. The molecule has 0 aliphatic heterocycles. The molecule has 1 aliphatic carbocycles. The molecule has 3 heteroatoms. The zero-order valence-electron chi connectivity index (χ0n) is 8.54. The summed E-state index contributed by atoms with van der Waals surface area (Å²) in [6, 6.07) is 0. The van der Waals surface area contributed by atoms with Crippen LogP contribution in [-0.2, 0) is 14.3 Å². The van der Waals surface area contributed by atoms with Gasteiger partial charge in [0.15, 0.2) is 5.78 Å². The Morgan fingerprint density at radius 2 is 1.93 bits per heavy atom. The van der Waals surface area contributed by atoms with Crippen LogP contribution in [0.5, 0.6) is 0 Å². The van der Waals surface area contributed by atoms with E-state index in [-0.39, 0.29) is 18.0 Å². The van der Waals surface area contributed by atoms with Crippen molar-refractivity contribution in [2.24, 2.45) is 0 Å². The number of hydrogen-bond donors (Lipinski definition) is 0. The maximum Gasteiger partial charge on any atom is 0.165 e. The molecule has 0 spiro atoms. The Balaban J connectivity index is 2.74. The van der Waals surface area contributed by atoms with E-state index in [1.807, 2.05) is 0 Å². The van der Waals surface area contributed by atoms with Crippen molar-refractivity contribution in [2.75, 3.05) is 7.11 Å². The molecule has 1 fully saturated rings. The summed E-state index contributed by atoms with van der Waals surface area (Å²) in [5, 5.41) is 0. The molecule has 0 saturated heterocycles. The molecule has 0 bridgehead atoms. The van der Waals surface area contributed by atoms with Gasteiger partial charge in [-0.3, -0.25) is 9.59 Å². The Kier molecular flexibility index (Phi) is 4.01. The van der Waals surface area contributed by atoms with Crippen molar-refractivity contribution in [1.29, 1.82) is 0 Å². The second-order valence-electron chi connectivity index (χ2n) is 3.66. The predicted molar refractivity (Wildman–Crippen MR) is 53.0 cm³/mol. The number of carbonyl (C=O) groups excluding carboxylic acids is 2. The smallest absolute Gasteiger partial charge is 0.165 e. The van der Waals surface area contributed by atoms with Crippen LogP contribution in [0, 0.1) is 0 Å². The highest BCUT2D eigenvalue weighted by Crippen LogP contribution is 2.18. The lowest BCUT2D eigenvalue weighted by Crippen LogP contribution is -2.25. The highest BCUT2D eigenvalue weighted by atomic mass is 16.5. The highest BCUT2D eigenvalue weighted by molar-refractivity contribution is 5.89. The summed E-state index contributed by atoms with van der Waals surface area (Å²) < 4.78 is 5.05. The molecule has 14 heavy (non-hydrogen) atoms. The van der Waals surface area contributed by atoms with E-state index in [1.165, 1.54) is 7.11 Å². The third-order valence-corrected chi connectivity index (χ3v) is 2.45. The topological polar surface area (TPSA) is 43.4 Å². The van der Waals surface area contributed by atoms with Crippen LogP contribution >= 0.6 is 0 Å². The maximum absolute atomic E-state index is 11.6. The average Bonchev–Trinajstić information content (AvgIpc) is 2.17. The van der Waals surface area contributed by atoms with E-state index in [9.17, 15) is 9.59 Å². The van der Waals surface area contributed by atoms with Crippen LogP contribution in [0.25, 0.3) is 0 Å². The number of Topliss-reactive ketones (excluding diaryl/α,β-unsaturated/α-hetero) is 2. The van der Waals surface area contributed by atoms with Gasteiger partial charge in [-0.2, -0.15) is 0 Å². The molecule has 1 aliphatic rings. The highest BCUT2D eigenvalue weighted by Gasteiger charge is 2.23. The first-order valence-electron chi connectivity index (χ1n) is 4.90. The van der Waals surface area contributed by atoms with Gasteiger partial charge in [-0.1, -0.05) is 6.58 Å². The first kappa shape index (κ1) is 11.1. The molecule has 0 aromatic carbocycles. The lowest BCUT2D eigenvalue weighted by atomic mass is 10.0. The van der Waals surface area contributed by atoms with E-state index in [4.69, 9.17) is 4.74 Å². The fraction of sp³-hybridized carbons (Fsp3) is 0.636. The van der Waals surface area contributed by atoms with Crippen LogP contribution in [0.15, 0.2) is 12.2 Å². The molecule has 0 amide bonds. The summed E-state index contributed by atoms with van der Waals surface area (Å²) in [5.74, 6) is 0.207. The van der Waals surface area contributed by atoms with E-state index >= 15 is 0 Å². The van der Waals surface area contributed by atoms with Gasteiger partial charge in [-0.05, 0) is 18.4 Å². The Hall–Kier alpha value is -0.960. The van der Waals surface area contributed by atoms with Crippen LogP contribution in [0.2, 0.25) is 0 Å².